The van der Waals surface area contributed by atoms with Gasteiger partial charge in [0, 0.05) is 17.5 Å². The number of para-hydroxylation sites is 1. The molecule has 0 aliphatic rings. The zero-order valence-electron chi connectivity index (χ0n) is 11.6. The monoisotopic (exact) mass is 299 g/mol. The van der Waals surface area contributed by atoms with E-state index in [1.807, 2.05) is 18.2 Å². The fourth-order valence-electron chi connectivity index (χ4n) is 2.26. The van der Waals surface area contributed by atoms with Gasteiger partial charge in [-0.25, -0.2) is 4.39 Å². The van der Waals surface area contributed by atoms with Gasteiger partial charge in [0.2, 0.25) is 0 Å². The number of benzene rings is 2. The molecule has 1 unspecified atom stereocenters. The molecule has 0 spiro atoms. The second kappa shape index (κ2) is 5.95. The highest BCUT2D eigenvalue weighted by Gasteiger charge is 2.17. The van der Waals surface area contributed by atoms with Crippen LogP contribution in [0.4, 0.5) is 4.39 Å². The molecule has 1 amide bonds. The van der Waals surface area contributed by atoms with Crippen molar-refractivity contribution in [3.05, 3.63) is 65.6 Å². The number of H-pyrrole nitrogens is 1. The van der Waals surface area contributed by atoms with E-state index in [1.54, 1.807) is 18.2 Å². The Hall–Kier alpha value is -2.73. The topological polar surface area (TPSA) is 78.0 Å². The number of aliphatic hydroxyl groups excluding tert-OH is 1. The van der Waals surface area contributed by atoms with Crippen LogP contribution in [0.3, 0.4) is 0 Å². The largest absolute Gasteiger partial charge is 0.386 e. The number of aromatic nitrogens is 2. The summed E-state index contributed by atoms with van der Waals surface area (Å²) in [5.74, 6) is -0.928. The minimum Gasteiger partial charge on any atom is -0.386 e. The first-order chi connectivity index (χ1) is 10.7. The second-order valence-corrected chi connectivity index (χ2v) is 4.87. The molecular formula is C16H14FN3O2. The average molecular weight is 299 g/mol. The average Bonchev–Trinajstić information content (AvgIpc) is 2.97. The number of nitrogens with one attached hydrogen (secondary N) is 2. The summed E-state index contributed by atoms with van der Waals surface area (Å²) in [6.07, 6.45) is -1.12. The van der Waals surface area contributed by atoms with Gasteiger partial charge < -0.3 is 10.4 Å². The van der Waals surface area contributed by atoms with Crippen LogP contribution in [0.2, 0.25) is 0 Å². The maximum absolute atomic E-state index is 13.6. The summed E-state index contributed by atoms with van der Waals surface area (Å²) in [5, 5.41) is 20.0. The molecule has 0 aliphatic heterocycles. The third kappa shape index (κ3) is 2.68. The first-order valence-corrected chi connectivity index (χ1v) is 6.80. The third-order valence-electron chi connectivity index (χ3n) is 3.41. The number of rotatable bonds is 4. The van der Waals surface area contributed by atoms with Crippen LogP contribution in [-0.2, 0) is 0 Å². The molecule has 3 aromatic rings. The maximum Gasteiger partial charge on any atom is 0.272 e. The van der Waals surface area contributed by atoms with Crippen LogP contribution in [0.15, 0.2) is 48.5 Å². The summed E-state index contributed by atoms with van der Waals surface area (Å²) in [5.41, 5.74) is 1.15. The van der Waals surface area contributed by atoms with Gasteiger partial charge in [0.15, 0.2) is 5.69 Å². The number of aliphatic hydroxyl groups is 1. The minimum absolute atomic E-state index is 0.0963. The lowest BCUT2D eigenvalue weighted by atomic mass is 10.1. The maximum atomic E-state index is 13.6. The van der Waals surface area contributed by atoms with Crippen LogP contribution < -0.4 is 5.32 Å². The molecule has 6 heteroatoms. The molecule has 1 atom stereocenters. The zero-order chi connectivity index (χ0) is 15.5. The highest BCUT2D eigenvalue weighted by molar-refractivity contribution is 6.04. The molecule has 0 radical (unpaired) electrons. The first-order valence-electron chi connectivity index (χ1n) is 6.80. The number of amides is 1. The lowest BCUT2D eigenvalue weighted by Gasteiger charge is -2.12. The number of hydrogen-bond acceptors (Lipinski definition) is 3. The minimum atomic E-state index is -1.12. The van der Waals surface area contributed by atoms with Gasteiger partial charge in [0.1, 0.15) is 5.82 Å². The highest BCUT2D eigenvalue weighted by Crippen LogP contribution is 2.17. The van der Waals surface area contributed by atoms with Gasteiger partial charge in [0.25, 0.3) is 5.91 Å². The normalized spacial score (nSPS) is 12.3. The van der Waals surface area contributed by atoms with E-state index >= 15 is 0 Å². The van der Waals surface area contributed by atoms with Gasteiger partial charge in [-0.05, 0) is 12.1 Å². The summed E-state index contributed by atoms with van der Waals surface area (Å²) < 4.78 is 13.6. The Labute approximate surface area is 125 Å². The standard InChI is InChI=1S/C16H14FN3O2/c17-12-7-3-1-5-10(12)14(21)9-18-16(22)15-11-6-2-4-8-13(11)19-20-15/h1-8,14,21H,9H2,(H,18,22)(H,19,20). The molecule has 0 saturated heterocycles. The molecule has 1 aromatic heterocycles. The molecule has 0 saturated carbocycles. The number of hydrogen-bond donors (Lipinski definition) is 3. The van der Waals surface area contributed by atoms with Gasteiger partial charge in [-0.2, -0.15) is 5.10 Å². The van der Waals surface area contributed by atoms with Gasteiger partial charge >= 0.3 is 0 Å². The smallest absolute Gasteiger partial charge is 0.272 e. The molecule has 3 N–H and O–H groups in total. The number of carbonyl (C=O) groups is 1. The molecule has 0 bridgehead atoms. The number of carbonyl (C=O) groups excluding carboxylic acids is 1. The Bertz CT molecular complexity index is 816. The van der Waals surface area contributed by atoms with Crippen molar-refractivity contribution in [2.75, 3.05) is 6.54 Å². The Kier molecular flexibility index (Phi) is 3.84. The molecule has 2 aromatic carbocycles. The van der Waals surface area contributed by atoms with Crippen molar-refractivity contribution < 1.29 is 14.3 Å². The molecule has 5 nitrogen and oxygen atoms in total. The molecule has 0 aliphatic carbocycles. The van der Waals surface area contributed by atoms with E-state index in [1.165, 1.54) is 12.1 Å². The molecule has 3 rings (SSSR count). The van der Waals surface area contributed by atoms with Crippen LogP contribution in [0.25, 0.3) is 10.9 Å². The van der Waals surface area contributed by atoms with E-state index in [2.05, 4.69) is 15.5 Å². The Morgan fingerprint density at radius 3 is 2.77 bits per heavy atom. The van der Waals surface area contributed by atoms with Gasteiger partial charge in [-0.15, -0.1) is 0 Å². The van der Waals surface area contributed by atoms with Crippen LogP contribution in [0.5, 0.6) is 0 Å². The number of fused-ring (bicyclic) bond motifs is 1. The predicted octanol–water partition coefficient (Wildman–Crippen LogP) is 2.17. The lowest BCUT2D eigenvalue weighted by molar-refractivity contribution is 0.0910. The zero-order valence-corrected chi connectivity index (χ0v) is 11.6. The lowest BCUT2D eigenvalue weighted by Crippen LogP contribution is -2.29. The molecule has 0 fully saturated rings. The van der Waals surface area contributed by atoms with Gasteiger partial charge in [-0.1, -0.05) is 36.4 Å². The van der Waals surface area contributed by atoms with E-state index in [-0.39, 0.29) is 17.8 Å². The third-order valence-corrected chi connectivity index (χ3v) is 3.41. The van der Waals surface area contributed by atoms with Crippen molar-refractivity contribution in [2.45, 2.75) is 6.10 Å². The second-order valence-electron chi connectivity index (χ2n) is 4.87. The summed E-state index contributed by atoms with van der Waals surface area (Å²) in [4.78, 5) is 12.1. The Morgan fingerprint density at radius 1 is 1.23 bits per heavy atom. The molecule has 1 heterocycles. The quantitative estimate of drug-likeness (QED) is 0.691. The summed E-state index contributed by atoms with van der Waals surface area (Å²) in [6.45, 7) is -0.0963. The predicted molar refractivity (Wildman–Crippen MR) is 79.8 cm³/mol. The van der Waals surface area contributed by atoms with Crippen molar-refractivity contribution in [2.24, 2.45) is 0 Å². The molecule has 22 heavy (non-hydrogen) atoms. The van der Waals surface area contributed by atoms with E-state index in [9.17, 15) is 14.3 Å². The van der Waals surface area contributed by atoms with E-state index in [0.717, 1.165) is 5.52 Å². The number of aromatic amines is 1. The summed E-state index contributed by atoms with van der Waals surface area (Å²) >= 11 is 0. The fourth-order valence-corrected chi connectivity index (χ4v) is 2.26. The van der Waals surface area contributed by atoms with Crippen molar-refractivity contribution in [1.82, 2.24) is 15.5 Å². The van der Waals surface area contributed by atoms with Gasteiger partial charge in [0.05, 0.1) is 11.6 Å². The Balaban J connectivity index is 1.71. The van der Waals surface area contributed by atoms with Crippen molar-refractivity contribution in [1.29, 1.82) is 0 Å². The summed E-state index contributed by atoms with van der Waals surface area (Å²) in [7, 11) is 0. The van der Waals surface area contributed by atoms with Crippen molar-refractivity contribution in [3.8, 4) is 0 Å². The molecular weight excluding hydrogens is 285 g/mol. The molecule has 112 valence electrons. The highest BCUT2D eigenvalue weighted by atomic mass is 19.1. The Morgan fingerprint density at radius 2 is 1.95 bits per heavy atom. The fraction of sp³-hybridized carbons (Fsp3) is 0.125. The van der Waals surface area contributed by atoms with E-state index < -0.39 is 17.8 Å². The van der Waals surface area contributed by atoms with Crippen LogP contribution >= 0.6 is 0 Å². The summed E-state index contributed by atoms with van der Waals surface area (Å²) in [6, 6.07) is 13.2. The van der Waals surface area contributed by atoms with Gasteiger partial charge in [-0.3, -0.25) is 9.89 Å². The van der Waals surface area contributed by atoms with Crippen LogP contribution in [0.1, 0.15) is 22.2 Å². The van der Waals surface area contributed by atoms with Crippen LogP contribution in [0, 0.1) is 5.82 Å². The van der Waals surface area contributed by atoms with Crippen molar-refractivity contribution in [3.63, 3.8) is 0 Å². The van der Waals surface area contributed by atoms with E-state index in [0.29, 0.717) is 5.39 Å². The SMILES string of the molecule is O=C(NCC(O)c1ccccc1F)c1n[nH]c2ccccc12. The first kappa shape index (κ1) is 14.2. The van der Waals surface area contributed by atoms with Crippen LogP contribution in [-0.4, -0.2) is 27.8 Å². The van der Waals surface area contributed by atoms with Crippen molar-refractivity contribution >= 4 is 16.8 Å². The van der Waals surface area contributed by atoms with E-state index in [4.69, 9.17) is 0 Å². The number of nitrogens with zero attached hydrogens (tertiary/aromatic N) is 1. The number of halogens is 1.